The number of hydrogen-bond donors (Lipinski definition) is 0. The van der Waals surface area contributed by atoms with Gasteiger partial charge in [-0.1, -0.05) is 26.8 Å². The first kappa shape index (κ1) is 9.50. The second kappa shape index (κ2) is 3.04. The highest BCUT2D eigenvalue weighted by molar-refractivity contribution is 5.83. The molecule has 0 saturated heterocycles. The van der Waals surface area contributed by atoms with Gasteiger partial charge in [0.15, 0.2) is 0 Å². The maximum absolute atomic E-state index is 11.3. The predicted molar refractivity (Wildman–Crippen MR) is 50.9 cm³/mol. The summed E-state index contributed by atoms with van der Waals surface area (Å²) in [6.45, 7) is 10.2. The van der Waals surface area contributed by atoms with Gasteiger partial charge >= 0.3 is 0 Å². The standard InChI is InChI=1S/C11H18O/c1-5-11(3,4)9-6-7-10(12)8(9)2/h5,8-9H,1,6-7H2,2-4H3/t8-,9+/m0/s1. The van der Waals surface area contributed by atoms with Crippen molar-refractivity contribution in [1.29, 1.82) is 0 Å². The summed E-state index contributed by atoms with van der Waals surface area (Å²) in [5.41, 5.74) is 0.117. The minimum absolute atomic E-state index is 0.117. The molecule has 12 heavy (non-hydrogen) atoms. The highest BCUT2D eigenvalue weighted by Crippen LogP contribution is 2.42. The number of hydrogen-bond acceptors (Lipinski definition) is 1. The lowest BCUT2D eigenvalue weighted by molar-refractivity contribution is -0.121. The van der Waals surface area contributed by atoms with E-state index < -0.39 is 0 Å². The predicted octanol–water partition coefficient (Wildman–Crippen LogP) is 2.81. The third kappa shape index (κ3) is 1.45. The number of carbonyl (C=O) groups is 1. The number of carbonyl (C=O) groups excluding carboxylic acids is 1. The van der Waals surface area contributed by atoms with E-state index in [4.69, 9.17) is 0 Å². The second-order valence-electron chi connectivity index (χ2n) is 4.43. The van der Waals surface area contributed by atoms with Gasteiger partial charge in [0.2, 0.25) is 0 Å². The monoisotopic (exact) mass is 166 g/mol. The van der Waals surface area contributed by atoms with Gasteiger partial charge in [0.25, 0.3) is 0 Å². The van der Waals surface area contributed by atoms with Crippen LogP contribution in [-0.4, -0.2) is 5.78 Å². The van der Waals surface area contributed by atoms with Crippen LogP contribution in [0.4, 0.5) is 0 Å². The summed E-state index contributed by atoms with van der Waals surface area (Å²) in [4.78, 5) is 11.3. The zero-order valence-electron chi connectivity index (χ0n) is 8.26. The highest BCUT2D eigenvalue weighted by atomic mass is 16.1. The molecule has 0 aliphatic heterocycles. The number of ketones is 1. The Kier molecular flexibility index (Phi) is 2.41. The van der Waals surface area contributed by atoms with E-state index in [1.807, 2.05) is 13.0 Å². The van der Waals surface area contributed by atoms with Crippen LogP contribution in [0.1, 0.15) is 33.6 Å². The molecular formula is C11H18O. The maximum Gasteiger partial charge on any atom is 0.136 e. The first-order valence-corrected chi connectivity index (χ1v) is 4.65. The van der Waals surface area contributed by atoms with Crippen LogP contribution in [0.25, 0.3) is 0 Å². The first-order valence-electron chi connectivity index (χ1n) is 4.65. The van der Waals surface area contributed by atoms with Crippen molar-refractivity contribution in [1.82, 2.24) is 0 Å². The summed E-state index contributed by atoms with van der Waals surface area (Å²) >= 11 is 0. The molecule has 0 aromatic carbocycles. The van der Waals surface area contributed by atoms with Crippen LogP contribution in [0.3, 0.4) is 0 Å². The molecule has 1 rings (SSSR count). The van der Waals surface area contributed by atoms with Gasteiger partial charge in [-0.15, -0.1) is 6.58 Å². The molecule has 0 aromatic rings. The van der Waals surface area contributed by atoms with Gasteiger partial charge in [0.05, 0.1) is 0 Å². The largest absolute Gasteiger partial charge is 0.299 e. The van der Waals surface area contributed by atoms with Crippen LogP contribution in [-0.2, 0) is 4.79 Å². The summed E-state index contributed by atoms with van der Waals surface area (Å²) in [6.07, 6.45) is 3.79. The fourth-order valence-corrected chi connectivity index (χ4v) is 2.17. The van der Waals surface area contributed by atoms with E-state index >= 15 is 0 Å². The van der Waals surface area contributed by atoms with Crippen molar-refractivity contribution in [2.45, 2.75) is 33.6 Å². The number of allylic oxidation sites excluding steroid dienone is 1. The molecule has 0 bridgehead atoms. The lowest BCUT2D eigenvalue weighted by atomic mass is 9.74. The van der Waals surface area contributed by atoms with Crippen molar-refractivity contribution in [2.24, 2.45) is 17.3 Å². The second-order valence-corrected chi connectivity index (χ2v) is 4.43. The SMILES string of the molecule is C=CC(C)(C)[C@@H]1CCC(=O)[C@H]1C. The van der Waals surface area contributed by atoms with Crippen LogP contribution in [0.2, 0.25) is 0 Å². The molecule has 0 radical (unpaired) electrons. The van der Waals surface area contributed by atoms with E-state index in [1.54, 1.807) is 0 Å². The minimum Gasteiger partial charge on any atom is -0.299 e. The number of rotatable bonds is 2. The summed E-state index contributed by atoms with van der Waals surface area (Å²) < 4.78 is 0. The van der Waals surface area contributed by atoms with Gasteiger partial charge < -0.3 is 0 Å². The molecule has 0 unspecified atom stereocenters. The Balaban J connectivity index is 2.77. The molecule has 1 fully saturated rings. The molecule has 0 heterocycles. The van der Waals surface area contributed by atoms with Crippen LogP contribution in [0, 0.1) is 17.3 Å². The molecule has 1 saturated carbocycles. The lowest BCUT2D eigenvalue weighted by Crippen LogP contribution is -2.25. The third-order valence-corrected chi connectivity index (χ3v) is 3.29. The quantitative estimate of drug-likeness (QED) is 0.576. The molecule has 1 aliphatic carbocycles. The van der Waals surface area contributed by atoms with Crippen LogP contribution < -0.4 is 0 Å². The molecule has 0 spiro atoms. The molecule has 2 atom stereocenters. The molecule has 0 N–H and O–H groups in total. The maximum atomic E-state index is 11.3. The van der Waals surface area contributed by atoms with Crippen molar-refractivity contribution in [3.8, 4) is 0 Å². The van der Waals surface area contributed by atoms with Gasteiger partial charge in [-0.25, -0.2) is 0 Å². The Labute approximate surface area is 74.9 Å². The topological polar surface area (TPSA) is 17.1 Å². The van der Waals surface area contributed by atoms with E-state index in [0.29, 0.717) is 11.7 Å². The molecule has 68 valence electrons. The Morgan fingerprint density at radius 2 is 2.17 bits per heavy atom. The van der Waals surface area contributed by atoms with Gasteiger partial charge in [-0.05, 0) is 17.8 Å². The molecule has 0 amide bonds. The van der Waals surface area contributed by atoms with Crippen LogP contribution in [0.15, 0.2) is 12.7 Å². The van der Waals surface area contributed by atoms with Crippen molar-refractivity contribution in [3.63, 3.8) is 0 Å². The molecule has 1 heteroatoms. The zero-order valence-corrected chi connectivity index (χ0v) is 8.26. The van der Waals surface area contributed by atoms with Crippen LogP contribution >= 0.6 is 0 Å². The normalized spacial score (nSPS) is 30.8. The zero-order chi connectivity index (χ0) is 9.35. The Bertz CT molecular complexity index is 203. The Hall–Kier alpha value is -0.590. The smallest absolute Gasteiger partial charge is 0.136 e. The van der Waals surface area contributed by atoms with E-state index in [2.05, 4.69) is 20.4 Å². The molecule has 1 nitrogen and oxygen atoms in total. The van der Waals surface area contributed by atoms with E-state index in [9.17, 15) is 4.79 Å². The first-order chi connectivity index (χ1) is 5.49. The van der Waals surface area contributed by atoms with E-state index in [0.717, 1.165) is 12.8 Å². The van der Waals surface area contributed by atoms with Crippen molar-refractivity contribution in [3.05, 3.63) is 12.7 Å². The summed E-state index contributed by atoms with van der Waals surface area (Å²) in [5, 5.41) is 0. The van der Waals surface area contributed by atoms with E-state index in [1.165, 1.54) is 0 Å². The Morgan fingerprint density at radius 1 is 1.58 bits per heavy atom. The van der Waals surface area contributed by atoms with Gasteiger partial charge in [0, 0.05) is 12.3 Å². The van der Waals surface area contributed by atoms with Gasteiger partial charge in [0.1, 0.15) is 5.78 Å². The minimum atomic E-state index is 0.117. The van der Waals surface area contributed by atoms with Crippen molar-refractivity contribution >= 4 is 5.78 Å². The molecule has 0 aromatic heterocycles. The fourth-order valence-electron chi connectivity index (χ4n) is 2.17. The lowest BCUT2D eigenvalue weighted by Gasteiger charge is -2.30. The van der Waals surface area contributed by atoms with Gasteiger partial charge in [-0.3, -0.25) is 4.79 Å². The summed E-state index contributed by atoms with van der Waals surface area (Å²) in [5.74, 6) is 1.16. The summed E-state index contributed by atoms with van der Waals surface area (Å²) in [6, 6.07) is 0. The highest BCUT2D eigenvalue weighted by Gasteiger charge is 2.39. The molecule has 1 aliphatic rings. The van der Waals surface area contributed by atoms with Crippen LogP contribution in [0.5, 0.6) is 0 Å². The average molecular weight is 166 g/mol. The average Bonchev–Trinajstić information content (AvgIpc) is 2.33. The summed E-state index contributed by atoms with van der Waals surface area (Å²) in [7, 11) is 0. The van der Waals surface area contributed by atoms with E-state index in [-0.39, 0.29) is 11.3 Å². The third-order valence-electron chi connectivity index (χ3n) is 3.29. The Morgan fingerprint density at radius 3 is 2.50 bits per heavy atom. The fraction of sp³-hybridized carbons (Fsp3) is 0.727. The van der Waals surface area contributed by atoms with Crippen molar-refractivity contribution < 1.29 is 4.79 Å². The number of Topliss-reactive ketones (excluding diaryl/α,β-unsaturated/α-hetero) is 1. The van der Waals surface area contributed by atoms with Crippen molar-refractivity contribution in [2.75, 3.05) is 0 Å². The molecular weight excluding hydrogens is 148 g/mol. The van der Waals surface area contributed by atoms with Gasteiger partial charge in [-0.2, -0.15) is 0 Å².